The molecule has 0 radical (unpaired) electrons. The van der Waals surface area contributed by atoms with Gasteiger partial charge in [-0.15, -0.1) is 0 Å². The van der Waals surface area contributed by atoms with Gasteiger partial charge in [-0.3, -0.25) is 4.79 Å². The number of rotatable bonds is 6. The van der Waals surface area contributed by atoms with Crippen molar-refractivity contribution in [1.29, 1.82) is 0 Å². The second kappa shape index (κ2) is 7.19. The van der Waals surface area contributed by atoms with Crippen molar-refractivity contribution in [2.24, 2.45) is 5.41 Å². The van der Waals surface area contributed by atoms with Crippen LogP contribution in [0.2, 0.25) is 0 Å². The third-order valence-electron chi connectivity index (χ3n) is 4.76. The maximum absolute atomic E-state index is 12.5. The molecule has 4 heteroatoms. The van der Waals surface area contributed by atoms with Gasteiger partial charge in [0.25, 0.3) is 0 Å². The van der Waals surface area contributed by atoms with Gasteiger partial charge in [0, 0.05) is 5.56 Å². The highest BCUT2D eigenvalue weighted by Crippen LogP contribution is 2.32. The van der Waals surface area contributed by atoms with Gasteiger partial charge in [-0.1, -0.05) is 37.3 Å². The van der Waals surface area contributed by atoms with Crippen LogP contribution in [0.1, 0.15) is 41.0 Å². The second-order valence-electron chi connectivity index (χ2n) is 6.64. The van der Waals surface area contributed by atoms with Crippen molar-refractivity contribution in [1.82, 2.24) is 0 Å². The lowest BCUT2D eigenvalue weighted by Gasteiger charge is -2.39. The highest BCUT2D eigenvalue weighted by atomic mass is 16.5. The molecule has 4 nitrogen and oxygen atoms in total. The van der Waals surface area contributed by atoms with E-state index in [4.69, 9.17) is 9.47 Å². The van der Waals surface area contributed by atoms with Crippen LogP contribution in [0.3, 0.4) is 0 Å². The summed E-state index contributed by atoms with van der Waals surface area (Å²) in [4.78, 5) is 24.4. The lowest BCUT2D eigenvalue weighted by molar-refractivity contribution is -0.140. The summed E-state index contributed by atoms with van der Waals surface area (Å²) in [7, 11) is 0. The van der Waals surface area contributed by atoms with Gasteiger partial charge < -0.3 is 9.47 Å². The zero-order valence-corrected chi connectivity index (χ0v) is 14.6. The summed E-state index contributed by atoms with van der Waals surface area (Å²) < 4.78 is 10.8. The van der Waals surface area contributed by atoms with Crippen LogP contribution in [0, 0.1) is 5.41 Å². The molecule has 3 rings (SSSR count). The average Bonchev–Trinajstić information content (AvgIpc) is 2.61. The van der Waals surface area contributed by atoms with Crippen LogP contribution in [0.5, 0.6) is 0 Å². The van der Waals surface area contributed by atoms with E-state index in [1.54, 1.807) is 12.1 Å². The largest absolute Gasteiger partial charge is 0.461 e. The standard InChI is InChI=1S/C21H22O4/c1-3-21(12-24-13-21)14-25-20(23)19-10-17(15(2)22)9-18(11-19)16-7-5-4-6-8-16/h4-11H,3,12-14H2,1-2H3. The summed E-state index contributed by atoms with van der Waals surface area (Å²) in [5.41, 5.74) is 2.63. The van der Waals surface area contributed by atoms with E-state index in [-0.39, 0.29) is 11.2 Å². The molecule has 2 aromatic carbocycles. The van der Waals surface area contributed by atoms with Gasteiger partial charge in [0.1, 0.15) is 6.61 Å². The highest BCUT2D eigenvalue weighted by Gasteiger charge is 2.38. The van der Waals surface area contributed by atoms with Gasteiger partial charge in [0.2, 0.25) is 0 Å². The van der Waals surface area contributed by atoms with Crippen LogP contribution >= 0.6 is 0 Å². The molecule has 0 aliphatic carbocycles. The SMILES string of the molecule is CCC1(COC(=O)c2cc(C(C)=O)cc(-c3ccccc3)c2)COC1. The van der Waals surface area contributed by atoms with Crippen LogP contribution in [-0.4, -0.2) is 31.6 Å². The molecular weight excluding hydrogens is 316 g/mol. The summed E-state index contributed by atoms with van der Waals surface area (Å²) in [6.07, 6.45) is 0.906. The van der Waals surface area contributed by atoms with Crippen molar-refractivity contribution in [2.45, 2.75) is 20.3 Å². The Morgan fingerprint density at radius 1 is 1.04 bits per heavy atom. The van der Waals surface area contributed by atoms with Gasteiger partial charge in [0.05, 0.1) is 24.2 Å². The summed E-state index contributed by atoms with van der Waals surface area (Å²) in [5, 5.41) is 0. The minimum atomic E-state index is -0.403. The lowest BCUT2D eigenvalue weighted by Crippen LogP contribution is -2.46. The molecule has 0 spiro atoms. The van der Waals surface area contributed by atoms with E-state index >= 15 is 0 Å². The predicted octanol–water partition coefficient (Wildman–Crippen LogP) is 4.14. The van der Waals surface area contributed by atoms with E-state index < -0.39 is 5.97 Å². The number of hydrogen-bond donors (Lipinski definition) is 0. The van der Waals surface area contributed by atoms with E-state index in [9.17, 15) is 9.59 Å². The van der Waals surface area contributed by atoms with Gasteiger partial charge in [0.15, 0.2) is 5.78 Å². The zero-order valence-electron chi connectivity index (χ0n) is 14.6. The van der Waals surface area contributed by atoms with Crippen molar-refractivity contribution in [3.63, 3.8) is 0 Å². The minimum Gasteiger partial charge on any atom is -0.461 e. The van der Waals surface area contributed by atoms with Crippen LogP contribution in [0.25, 0.3) is 11.1 Å². The summed E-state index contributed by atoms with van der Waals surface area (Å²) in [6, 6.07) is 14.9. The Labute approximate surface area is 147 Å². The maximum atomic E-state index is 12.5. The van der Waals surface area contributed by atoms with Crippen molar-refractivity contribution < 1.29 is 19.1 Å². The van der Waals surface area contributed by atoms with Gasteiger partial charge in [-0.2, -0.15) is 0 Å². The van der Waals surface area contributed by atoms with Crippen LogP contribution in [0.4, 0.5) is 0 Å². The Bertz CT molecular complexity index is 770. The molecule has 25 heavy (non-hydrogen) atoms. The lowest BCUT2D eigenvalue weighted by atomic mass is 9.84. The molecule has 0 saturated carbocycles. The topological polar surface area (TPSA) is 52.6 Å². The number of Topliss-reactive ketones (excluding diaryl/α,β-unsaturated/α-hetero) is 1. The molecule has 130 valence electrons. The van der Waals surface area contributed by atoms with Gasteiger partial charge in [-0.25, -0.2) is 4.79 Å². The molecule has 0 amide bonds. The highest BCUT2D eigenvalue weighted by molar-refractivity contribution is 5.99. The van der Waals surface area contributed by atoms with E-state index in [0.29, 0.717) is 30.9 Å². The fourth-order valence-corrected chi connectivity index (χ4v) is 2.83. The van der Waals surface area contributed by atoms with E-state index in [0.717, 1.165) is 17.5 Å². The monoisotopic (exact) mass is 338 g/mol. The zero-order chi connectivity index (χ0) is 17.9. The molecule has 0 unspecified atom stereocenters. The van der Waals surface area contributed by atoms with Crippen molar-refractivity contribution >= 4 is 11.8 Å². The number of carbonyl (C=O) groups excluding carboxylic acids is 2. The first-order valence-corrected chi connectivity index (χ1v) is 8.49. The quantitative estimate of drug-likeness (QED) is 0.587. The Kier molecular flexibility index (Phi) is 5.00. The predicted molar refractivity (Wildman–Crippen MR) is 95.7 cm³/mol. The molecule has 0 bridgehead atoms. The maximum Gasteiger partial charge on any atom is 0.338 e. The minimum absolute atomic E-state index is 0.0594. The van der Waals surface area contributed by atoms with Crippen LogP contribution < -0.4 is 0 Å². The molecule has 1 fully saturated rings. The Hall–Kier alpha value is -2.46. The Morgan fingerprint density at radius 2 is 1.72 bits per heavy atom. The first kappa shape index (κ1) is 17.4. The van der Waals surface area contributed by atoms with E-state index in [1.807, 2.05) is 36.4 Å². The average molecular weight is 338 g/mol. The fraction of sp³-hybridized carbons (Fsp3) is 0.333. The molecule has 2 aromatic rings. The van der Waals surface area contributed by atoms with E-state index in [2.05, 4.69) is 6.92 Å². The van der Waals surface area contributed by atoms with Crippen LogP contribution in [0.15, 0.2) is 48.5 Å². The van der Waals surface area contributed by atoms with Crippen molar-refractivity contribution in [3.05, 3.63) is 59.7 Å². The number of esters is 1. The molecule has 1 saturated heterocycles. The Balaban J connectivity index is 1.85. The fourth-order valence-electron chi connectivity index (χ4n) is 2.83. The number of benzene rings is 2. The summed E-state index contributed by atoms with van der Waals surface area (Å²) >= 11 is 0. The van der Waals surface area contributed by atoms with Crippen molar-refractivity contribution in [3.8, 4) is 11.1 Å². The first-order valence-electron chi connectivity index (χ1n) is 8.49. The van der Waals surface area contributed by atoms with Crippen LogP contribution in [-0.2, 0) is 9.47 Å². The summed E-state index contributed by atoms with van der Waals surface area (Å²) in [5.74, 6) is -0.482. The number of carbonyl (C=O) groups is 2. The molecule has 0 aromatic heterocycles. The molecule has 1 heterocycles. The van der Waals surface area contributed by atoms with E-state index in [1.165, 1.54) is 6.92 Å². The molecular formula is C21H22O4. The van der Waals surface area contributed by atoms with Crippen molar-refractivity contribution in [2.75, 3.05) is 19.8 Å². The molecule has 0 N–H and O–H groups in total. The molecule has 0 atom stereocenters. The number of hydrogen-bond acceptors (Lipinski definition) is 4. The first-order chi connectivity index (χ1) is 12.0. The smallest absolute Gasteiger partial charge is 0.338 e. The Morgan fingerprint density at radius 3 is 2.28 bits per heavy atom. The molecule has 1 aliphatic rings. The third kappa shape index (κ3) is 3.80. The third-order valence-corrected chi connectivity index (χ3v) is 4.76. The number of ketones is 1. The number of ether oxygens (including phenoxy) is 2. The van der Waals surface area contributed by atoms with Gasteiger partial charge in [-0.05, 0) is 42.7 Å². The summed E-state index contributed by atoms with van der Waals surface area (Å²) in [6.45, 7) is 5.16. The molecule has 1 aliphatic heterocycles. The normalized spacial score (nSPS) is 15.3. The second-order valence-corrected chi connectivity index (χ2v) is 6.64. The van der Waals surface area contributed by atoms with Gasteiger partial charge >= 0.3 is 5.97 Å².